The molecule has 0 aromatic heterocycles. The number of hydrogen-bond acceptors (Lipinski definition) is 3. The van der Waals surface area contributed by atoms with E-state index in [1.54, 1.807) is 47.2 Å². The summed E-state index contributed by atoms with van der Waals surface area (Å²) < 4.78 is 13.7. The van der Waals surface area contributed by atoms with Gasteiger partial charge in [-0.2, -0.15) is 0 Å². The molecule has 0 radical (unpaired) electrons. The molecule has 7 heteroatoms. The van der Waals surface area contributed by atoms with E-state index in [4.69, 9.17) is 0 Å². The van der Waals surface area contributed by atoms with Gasteiger partial charge in [0.15, 0.2) is 0 Å². The van der Waals surface area contributed by atoms with Gasteiger partial charge in [-0.25, -0.2) is 4.39 Å². The van der Waals surface area contributed by atoms with Crippen LogP contribution < -0.4 is 5.32 Å². The van der Waals surface area contributed by atoms with Gasteiger partial charge in [0.25, 0.3) is 11.8 Å². The molecule has 1 aliphatic heterocycles. The van der Waals surface area contributed by atoms with Gasteiger partial charge in [0.1, 0.15) is 5.82 Å². The molecule has 5 nitrogen and oxygen atoms in total. The summed E-state index contributed by atoms with van der Waals surface area (Å²) in [7, 11) is 1.73. The van der Waals surface area contributed by atoms with Crippen molar-refractivity contribution in [3.05, 3.63) is 71.0 Å². The molecule has 1 atom stereocenters. The second-order valence-electron chi connectivity index (χ2n) is 6.67. The lowest BCUT2D eigenvalue weighted by Gasteiger charge is -2.36. The van der Waals surface area contributed by atoms with Crippen LogP contribution in [0.2, 0.25) is 0 Å². The number of halogens is 2. The van der Waals surface area contributed by atoms with Gasteiger partial charge < -0.3 is 15.1 Å². The molecule has 150 valence electrons. The average molecular weight is 406 g/mol. The van der Waals surface area contributed by atoms with Crippen LogP contribution in [-0.2, 0) is 0 Å². The summed E-state index contributed by atoms with van der Waals surface area (Å²) in [6.45, 7) is 4.25. The molecule has 0 bridgehead atoms. The lowest BCUT2D eigenvalue weighted by molar-refractivity contribution is 0.0634. The Morgan fingerprint density at radius 3 is 2.61 bits per heavy atom. The highest BCUT2D eigenvalue weighted by molar-refractivity contribution is 5.99. The third kappa shape index (κ3) is 4.69. The van der Waals surface area contributed by atoms with Crippen molar-refractivity contribution in [1.82, 2.24) is 15.1 Å². The SMILES string of the molecule is CCN(C)C(=O)c1cccc(C(=O)N2CCNCC2c2cccc(F)c2)c1.Cl. The maximum atomic E-state index is 13.7. The Labute approximate surface area is 170 Å². The fraction of sp³-hybridized carbons (Fsp3) is 0.333. The Bertz CT molecular complexity index is 846. The largest absolute Gasteiger partial charge is 0.342 e. The van der Waals surface area contributed by atoms with Gasteiger partial charge in [-0.15, -0.1) is 12.4 Å². The first-order valence-corrected chi connectivity index (χ1v) is 9.14. The van der Waals surface area contributed by atoms with E-state index in [1.165, 1.54) is 12.1 Å². The predicted molar refractivity (Wildman–Crippen MR) is 109 cm³/mol. The van der Waals surface area contributed by atoms with Crippen LogP contribution in [0.5, 0.6) is 0 Å². The molecular formula is C21H25ClFN3O2. The number of carbonyl (C=O) groups is 2. The van der Waals surface area contributed by atoms with Crippen LogP contribution in [0.1, 0.15) is 39.2 Å². The minimum absolute atomic E-state index is 0. The third-order valence-corrected chi connectivity index (χ3v) is 4.92. The first-order chi connectivity index (χ1) is 13.0. The van der Waals surface area contributed by atoms with Gasteiger partial charge in [0.2, 0.25) is 0 Å². The zero-order valence-electron chi connectivity index (χ0n) is 16.0. The molecule has 3 rings (SSSR count). The van der Waals surface area contributed by atoms with Crippen LogP contribution in [0.15, 0.2) is 48.5 Å². The fourth-order valence-corrected chi connectivity index (χ4v) is 3.27. The van der Waals surface area contributed by atoms with Crippen LogP contribution in [0, 0.1) is 5.82 Å². The number of hydrogen-bond donors (Lipinski definition) is 1. The van der Waals surface area contributed by atoms with Crippen molar-refractivity contribution >= 4 is 24.2 Å². The number of piperazine rings is 1. The Morgan fingerprint density at radius 1 is 1.18 bits per heavy atom. The number of nitrogens with one attached hydrogen (secondary N) is 1. The molecule has 0 spiro atoms. The quantitative estimate of drug-likeness (QED) is 0.850. The van der Waals surface area contributed by atoms with E-state index in [0.717, 1.165) is 5.56 Å². The summed E-state index contributed by atoms with van der Waals surface area (Å²) in [5, 5.41) is 3.26. The summed E-state index contributed by atoms with van der Waals surface area (Å²) in [6.07, 6.45) is 0. The number of nitrogens with zero attached hydrogens (tertiary/aromatic N) is 2. The van der Waals surface area contributed by atoms with Crippen LogP contribution >= 0.6 is 12.4 Å². The minimum atomic E-state index is -0.319. The van der Waals surface area contributed by atoms with Crippen molar-refractivity contribution in [3.8, 4) is 0 Å². The van der Waals surface area contributed by atoms with Gasteiger partial charge in [-0.3, -0.25) is 9.59 Å². The molecule has 1 saturated heterocycles. The van der Waals surface area contributed by atoms with E-state index in [0.29, 0.717) is 37.3 Å². The molecule has 1 fully saturated rings. The number of carbonyl (C=O) groups excluding carboxylic acids is 2. The van der Waals surface area contributed by atoms with E-state index in [-0.39, 0.29) is 36.1 Å². The molecule has 1 aliphatic rings. The Hall–Kier alpha value is -2.44. The number of rotatable bonds is 4. The highest BCUT2D eigenvalue weighted by atomic mass is 35.5. The summed E-state index contributed by atoms with van der Waals surface area (Å²) >= 11 is 0. The van der Waals surface area contributed by atoms with E-state index in [9.17, 15) is 14.0 Å². The van der Waals surface area contributed by atoms with E-state index >= 15 is 0 Å². The Kier molecular flexibility index (Phi) is 7.54. The molecule has 0 aliphatic carbocycles. The zero-order valence-corrected chi connectivity index (χ0v) is 16.8. The molecule has 2 aromatic rings. The van der Waals surface area contributed by atoms with Crippen molar-refractivity contribution in [2.24, 2.45) is 0 Å². The maximum absolute atomic E-state index is 13.7. The summed E-state index contributed by atoms with van der Waals surface area (Å²) in [5.41, 5.74) is 1.71. The normalized spacial score (nSPS) is 16.2. The molecule has 0 saturated carbocycles. The van der Waals surface area contributed by atoms with Crippen molar-refractivity contribution in [2.75, 3.05) is 33.2 Å². The van der Waals surface area contributed by atoms with Crippen molar-refractivity contribution in [1.29, 1.82) is 0 Å². The average Bonchev–Trinajstić information content (AvgIpc) is 2.72. The molecule has 2 aromatic carbocycles. The van der Waals surface area contributed by atoms with E-state index in [2.05, 4.69) is 5.32 Å². The Balaban J connectivity index is 0.00000280. The second-order valence-corrected chi connectivity index (χ2v) is 6.67. The van der Waals surface area contributed by atoms with Gasteiger partial charge in [0, 0.05) is 44.4 Å². The first-order valence-electron chi connectivity index (χ1n) is 9.14. The zero-order chi connectivity index (χ0) is 19.4. The lowest BCUT2D eigenvalue weighted by atomic mass is 10.0. The van der Waals surface area contributed by atoms with Gasteiger partial charge in [-0.05, 0) is 42.8 Å². The summed E-state index contributed by atoms with van der Waals surface area (Å²) in [6, 6.07) is 12.9. The molecule has 1 heterocycles. The van der Waals surface area contributed by atoms with Gasteiger partial charge in [-0.1, -0.05) is 18.2 Å². The predicted octanol–water partition coefficient (Wildman–Crippen LogP) is 3.13. The topological polar surface area (TPSA) is 52.7 Å². The van der Waals surface area contributed by atoms with E-state index < -0.39 is 0 Å². The second kappa shape index (κ2) is 9.66. The summed E-state index contributed by atoms with van der Waals surface area (Å²) in [4.78, 5) is 28.9. The lowest BCUT2D eigenvalue weighted by Crippen LogP contribution is -2.48. The standard InChI is InChI=1S/C21H24FN3O2.ClH/c1-3-24(2)20(26)16-7-4-8-17(12-16)21(27)25-11-10-23-14-19(25)15-6-5-9-18(22)13-15;/h4-9,12-13,19,23H,3,10-11,14H2,1-2H3;1H. The molecule has 1 unspecified atom stereocenters. The smallest absolute Gasteiger partial charge is 0.254 e. The first kappa shape index (κ1) is 21.9. The third-order valence-electron chi connectivity index (χ3n) is 4.92. The summed E-state index contributed by atoms with van der Waals surface area (Å²) in [5.74, 6) is -0.589. The highest BCUT2D eigenvalue weighted by Gasteiger charge is 2.29. The van der Waals surface area contributed by atoms with Crippen LogP contribution in [0.4, 0.5) is 4.39 Å². The molecule has 1 N–H and O–H groups in total. The van der Waals surface area contributed by atoms with Gasteiger partial charge >= 0.3 is 0 Å². The maximum Gasteiger partial charge on any atom is 0.254 e. The van der Waals surface area contributed by atoms with Gasteiger partial charge in [0.05, 0.1) is 6.04 Å². The monoisotopic (exact) mass is 405 g/mol. The molecule has 28 heavy (non-hydrogen) atoms. The van der Waals surface area contributed by atoms with Crippen molar-refractivity contribution in [3.63, 3.8) is 0 Å². The van der Waals surface area contributed by atoms with Crippen molar-refractivity contribution in [2.45, 2.75) is 13.0 Å². The van der Waals surface area contributed by atoms with Crippen LogP contribution in [-0.4, -0.2) is 54.8 Å². The number of benzene rings is 2. The van der Waals surface area contributed by atoms with Crippen LogP contribution in [0.3, 0.4) is 0 Å². The molecule has 2 amide bonds. The highest BCUT2D eigenvalue weighted by Crippen LogP contribution is 2.25. The van der Waals surface area contributed by atoms with E-state index in [1.807, 2.05) is 13.0 Å². The van der Waals surface area contributed by atoms with Crippen LogP contribution in [0.25, 0.3) is 0 Å². The Morgan fingerprint density at radius 2 is 1.89 bits per heavy atom. The minimum Gasteiger partial charge on any atom is -0.342 e. The molecular weight excluding hydrogens is 381 g/mol. The van der Waals surface area contributed by atoms with Crippen molar-refractivity contribution < 1.29 is 14.0 Å². The number of amides is 2. The fourth-order valence-electron chi connectivity index (χ4n) is 3.27.